The molecule has 1 saturated carbocycles. The van der Waals surface area contributed by atoms with E-state index in [4.69, 9.17) is 4.42 Å². The van der Waals surface area contributed by atoms with Crippen molar-refractivity contribution in [1.29, 1.82) is 0 Å². The Labute approximate surface area is 133 Å². The molecule has 1 atom stereocenters. The van der Waals surface area contributed by atoms with E-state index >= 15 is 0 Å². The van der Waals surface area contributed by atoms with Crippen LogP contribution in [0, 0.1) is 5.92 Å². The number of amides is 1. The van der Waals surface area contributed by atoms with Gasteiger partial charge in [-0.1, -0.05) is 25.7 Å². The fourth-order valence-electron chi connectivity index (χ4n) is 3.83. The SMILES string of the molecule is O=C(NCC(c1ccco1)N1CCCCC1)C1CCCCC1. The summed E-state index contributed by atoms with van der Waals surface area (Å²) in [7, 11) is 0. The van der Waals surface area contributed by atoms with E-state index in [0.29, 0.717) is 6.54 Å². The number of hydrogen-bond donors (Lipinski definition) is 1. The molecule has 1 amide bonds. The van der Waals surface area contributed by atoms with E-state index in [2.05, 4.69) is 10.2 Å². The minimum absolute atomic E-state index is 0.183. The van der Waals surface area contributed by atoms with E-state index in [1.54, 1.807) is 6.26 Å². The molecular weight excluding hydrogens is 276 g/mol. The van der Waals surface area contributed by atoms with Crippen molar-refractivity contribution in [3.8, 4) is 0 Å². The lowest BCUT2D eigenvalue weighted by Gasteiger charge is -2.34. The molecule has 1 aromatic heterocycles. The molecule has 1 saturated heterocycles. The van der Waals surface area contributed by atoms with Crippen LogP contribution in [0.3, 0.4) is 0 Å². The normalized spacial score (nSPS) is 22.4. The Morgan fingerprint density at radius 3 is 2.59 bits per heavy atom. The average molecular weight is 304 g/mol. The second-order valence-corrected chi connectivity index (χ2v) is 6.71. The monoisotopic (exact) mass is 304 g/mol. The second-order valence-electron chi connectivity index (χ2n) is 6.71. The van der Waals surface area contributed by atoms with Gasteiger partial charge in [0.1, 0.15) is 5.76 Å². The van der Waals surface area contributed by atoms with Crippen LogP contribution >= 0.6 is 0 Å². The topological polar surface area (TPSA) is 45.5 Å². The predicted octanol–water partition coefficient (Wildman–Crippen LogP) is 3.50. The zero-order valence-corrected chi connectivity index (χ0v) is 13.4. The molecule has 0 bridgehead atoms. The fraction of sp³-hybridized carbons (Fsp3) is 0.722. The summed E-state index contributed by atoms with van der Waals surface area (Å²) in [5, 5.41) is 3.20. The Hall–Kier alpha value is -1.29. The molecular formula is C18H28N2O2. The molecule has 1 aliphatic heterocycles. The molecule has 4 heteroatoms. The van der Waals surface area contributed by atoms with Gasteiger partial charge in [-0.15, -0.1) is 0 Å². The molecule has 1 unspecified atom stereocenters. The van der Waals surface area contributed by atoms with E-state index in [-0.39, 0.29) is 17.9 Å². The molecule has 0 spiro atoms. The van der Waals surface area contributed by atoms with Crippen LogP contribution in [-0.4, -0.2) is 30.4 Å². The second kappa shape index (κ2) is 7.82. The van der Waals surface area contributed by atoms with E-state index in [9.17, 15) is 4.79 Å². The summed E-state index contributed by atoms with van der Waals surface area (Å²) < 4.78 is 5.63. The third-order valence-corrected chi connectivity index (χ3v) is 5.15. The van der Waals surface area contributed by atoms with Crippen LogP contribution < -0.4 is 5.32 Å². The number of carbonyl (C=O) groups is 1. The number of likely N-dealkylation sites (tertiary alicyclic amines) is 1. The van der Waals surface area contributed by atoms with Gasteiger partial charge < -0.3 is 9.73 Å². The average Bonchev–Trinajstić information content (AvgIpc) is 3.11. The lowest BCUT2D eigenvalue weighted by molar-refractivity contribution is -0.126. The van der Waals surface area contributed by atoms with E-state index in [1.807, 2.05) is 12.1 Å². The van der Waals surface area contributed by atoms with Gasteiger partial charge in [0.05, 0.1) is 12.3 Å². The molecule has 22 heavy (non-hydrogen) atoms. The minimum atomic E-state index is 0.183. The molecule has 1 aromatic rings. The molecule has 0 aromatic carbocycles. The Balaban J connectivity index is 1.58. The summed E-state index contributed by atoms with van der Waals surface area (Å²) in [6.07, 6.45) is 11.3. The van der Waals surface area contributed by atoms with Crippen molar-refractivity contribution in [2.45, 2.75) is 57.4 Å². The maximum Gasteiger partial charge on any atom is 0.223 e. The zero-order chi connectivity index (χ0) is 15.2. The number of nitrogens with zero attached hydrogens (tertiary/aromatic N) is 1. The van der Waals surface area contributed by atoms with Crippen molar-refractivity contribution in [2.75, 3.05) is 19.6 Å². The predicted molar refractivity (Wildman–Crippen MR) is 86.5 cm³/mol. The molecule has 2 aliphatic rings. The van der Waals surface area contributed by atoms with Crippen LogP contribution in [0.1, 0.15) is 63.2 Å². The summed E-state index contributed by atoms with van der Waals surface area (Å²) in [5.41, 5.74) is 0. The van der Waals surface area contributed by atoms with Gasteiger partial charge in [0.15, 0.2) is 0 Å². The van der Waals surface area contributed by atoms with Crippen molar-refractivity contribution in [3.63, 3.8) is 0 Å². The van der Waals surface area contributed by atoms with Crippen molar-refractivity contribution in [2.24, 2.45) is 5.92 Å². The van der Waals surface area contributed by atoms with Crippen molar-refractivity contribution >= 4 is 5.91 Å². The van der Waals surface area contributed by atoms with Crippen molar-refractivity contribution < 1.29 is 9.21 Å². The lowest BCUT2D eigenvalue weighted by Crippen LogP contribution is -2.42. The van der Waals surface area contributed by atoms with Crippen LogP contribution in [0.4, 0.5) is 0 Å². The highest BCUT2D eigenvalue weighted by Crippen LogP contribution is 2.26. The maximum atomic E-state index is 12.4. The van der Waals surface area contributed by atoms with E-state index in [1.165, 1.54) is 38.5 Å². The standard InChI is InChI=1S/C18H28N2O2/c21-18(15-8-3-1-4-9-15)19-14-16(17-10-7-13-22-17)20-11-5-2-6-12-20/h7,10,13,15-16H,1-6,8-9,11-12,14H2,(H,19,21). The molecule has 4 nitrogen and oxygen atoms in total. The minimum Gasteiger partial charge on any atom is -0.468 e. The van der Waals surface area contributed by atoms with E-state index in [0.717, 1.165) is 31.7 Å². The number of rotatable bonds is 5. The largest absolute Gasteiger partial charge is 0.468 e. The van der Waals surface area contributed by atoms with Crippen LogP contribution in [-0.2, 0) is 4.79 Å². The number of nitrogens with one attached hydrogen (secondary N) is 1. The highest BCUT2D eigenvalue weighted by Gasteiger charge is 2.27. The maximum absolute atomic E-state index is 12.4. The first kappa shape index (κ1) is 15.6. The summed E-state index contributed by atoms with van der Waals surface area (Å²) in [4.78, 5) is 14.9. The van der Waals surface area contributed by atoms with Gasteiger partial charge in [0, 0.05) is 12.5 Å². The first-order valence-electron chi connectivity index (χ1n) is 8.90. The highest BCUT2D eigenvalue weighted by molar-refractivity contribution is 5.78. The van der Waals surface area contributed by atoms with Crippen LogP contribution in [0.2, 0.25) is 0 Å². The van der Waals surface area contributed by atoms with Crippen molar-refractivity contribution in [3.05, 3.63) is 24.2 Å². The first-order chi connectivity index (χ1) is 10.8. The summed E-state index contributed by atoms with van der Waals surface area (Å²) in [6, 6.07) is 4.16. The van der Waals surface area contributed by atoms with Gasteiger partial charge >= 0.3 is 0 Å². The van der Waals surface area contributed by atoms with Crippen LogP contribution in [0.15, 0.2) is 22.8 Å². The van der Waals surface area contributed by atoms with Gasteiger partial charge in [-0.2, -0.15) is 0 Å². The Bertz CT molecular complexity index is 446. The summed E-state index contributed by atoms with van der Waals surface area (Å²) >= 11 is 0. The highest BCUT2D eigenvalue weighted by atomic mass is 16.3. The summed E-state index contributed by atoms with van der Waals surface area (Å²) in [5.74, 6) is 1.45. The Kier molecular flexibility index (Phi) is 5.54. The van der Waals surface area contributed by atoms with Crippen LogP contribution in [0.25, 0.3) is 0 Å². The van der Waals surface area contributed by atoms with Gasteiger partial charge in [-0.3, -0.25) is 9.69 Å². The Morgan fingerprint density at radius 2 is 1.91 bits per heavy atom. The lowest BCUT2D eigenvalue weighted by atomic mass is 9.88. The molecule has 2 fully saturated rings. The number of furan rings is 1. The first-order valence-corrected chi connectivity index (χ1v) is 8.90. The van der Waals surface area contributed by atoms with Crippen molar-refractivity contribution in [1.82, 2.24) is 10.2 Å². The molecule has 1 N–H and O–H groups in total. The molecule has 2 heterocycles. The third kappa shape index (κ3) is 3.92. The molecule has 3 rings (SSSR count). The van der Waals surface area contributed by atoms with Gasteiger partial charge in [-0.25, -0.2) is 0 Å². The molecule has 122 valence electrons. The van der Waals surface area contributed by atoms with E-state index < -0.39 is 0 Å². The quantitative estimate of drug-likeness (QED) is 0.905. The summed E-state index contributed by atoms with van der Waals surface area (Å²) in [6.45, 7) is 2.87. The van der Waals surface area contributed by atoms with Gasteiger partial charge in [0.2, 0.25) is 5.91 Å². The van der Waals surface area contributed by atoms with Gasteiger partial charge in [0.25, 0.3) is 0 Å². The third-order valence-electron chi connectivity index (χ3n) is 5.15. The Morgan fingerprint density at radius 1 is 1.18 bits per heavy atom. The molecule has 0 radical (unpaired) electrons. The van der Waals surface area contributed by atoms with Gasteiger partial charge in [-0.05, 0) is 50.9 Å². The number of hydrogen-bond acceptors (Lipinski definition) is 3. The molecule has 1 aliphatic carbocycles. The van der Waals surface area contributed by atoms with Crippen LogP contribution in [0.5, 0.6) is 0 Å². The fourth-order valence-corrected chi connectivity index (χ4v) is 3.83. The number of piperidine rings is 1. The zero-order valence-electron chi connectivity index (χ0n) is 13.4. The smallest absolute Gasteiger partial charge is 0.223 e. The number of carbonyl (C=O) groups excluding carboxylic acids is 1.